The fourth-order valence-electron chi connectivity index (χ4n) is 2.61. The van der Waals surface area contributed by atoms with Crippen molar-refractivity contribution in [3.8, 4) is 5.75 Å². The van der Waals surface area contributed by atoms with Gasteiger partial charge in [-0.1, -0.05) is 12.1 Å². The second-order valence-corrected chi connectivity index (χ2v) is 8.00. The molecule has 128 valence electrons. The summed E-state index contributed by atoms with van der Waals surface area (Å²) in [7, 11) is -3.10. The van der Waals surface area contributed by atoms with Crippen molar-refractivity contribution in [2.75, 3.05) is 32.5 Å². The van der Waals surface area contributed by atoms with Crippen LogP contribution in [-0.2, 0) is 14.8 Å². The van der Waals surface area contributed by atoms with E-state index in [0.29, 0.717) is 31.3 Å². The predicted molar refractivity (Wildman–Crippen MR) is 88.8 cm³/mol. The number of carbonyl (C=O) groups is 1. The fourth-order valence-corrected chi connectivity index (χ4v) is 3.48. The van der Waals surface area contributed by atoms with Gasteiger partial charge in [0, 0.05) is 19.6 Å². The zero-order valence-electron chi connectivity index (χ0n) is 13.6. The summed E-state index contributed by atoms with van der Waals surface area (Å²) in [6, 6.07) is 7.56. The number of rotatable bonds is 6. The van der Waals surface area contributed by atoms with Gasteiger partial charge in [0.1, 0.15) is 5.75 Å². The van der Waals surface area contributed by atoms with Gasteiger partial charge in [0.25, 0.3) is 5.91 Å². The van der Waals surface area contributed by atoms with Crippen LogP contribution in [0.25, 0.3) is 0 Å². The van der Waals surface area contributed by atoms with Crippen LogP contribution in [0.4, 0.5) is 0 Å². The molecule has 0 aliphatic carbocycles. The molecule has 0 spiro atoms. The Kier molecular flexibility index (Phi) is 6.01. The van der Waals surface area contributed by atoms with Crippen LogP contribution in [0.15, 0.2) is 24.3 Å². The van der Waals surface area contributed by atoms with E-state index in [2.05, 4.69) is 5.32 Å². The summed E-state index contributed by atoms with van der Waals surface area (Å²) in [5.41, 5.74) is 1.08. The van der Waals surface area contributed by atoms with E-state index in [1.807, 2.05) is 31.2 Å². The number of piperidine rings is 1. The van der Waals surface area contributed by atoms with Crippen molar-refractivity contribution < 1.29 is 17.9 Å². The molecule has 1 N–H and O–H groups in total. The highest BCUT2D eigenvalue weighted by Crippen LogP contribution is 2.18. The largest absolute Gasteiger partial charge is 0.484 e. The number of carbonyl (C=O) groups excluding carboxylic acids is 1. The first-order valence-corrected chi connectivity index (χ1v) is 9.61. The number of nitrogens with zero attached hydrogens (tertiary/aromatic N) is 1. The van der Waals surface area contributed by atoms with Crippen molar-refractivity contribution in [3.63, 3.8) is 0 Å². The highest BCUT2D eigenvalue weighted by molar-refractivity contribution is 7.88. The maximum Gasteiger partial charge on any atom is 0.257 e. The highest BCUT2D eigenvalue weighted by Gasteiger charge is 2.24. The zero-order valence-corrected chi connectivity index (χ0v) is 14.4. The SMILES string of the molecule is Cc1cccc(OCC(=O)NCC2CCN(S(C)(=O)=O)CC2)c1. The molecule has 1 aromatic rings. The summed E-state index contributed by atoms with van der Waals surface area (Å²) in [6.07, 6.45) is 2.77. The average Bonchev–Trinajstić information content (AvgIpc) is 2.50. The number of benzene rings is 1. The van der Waals surface area contributed by atoms with Gasteiger partial charge in [0.2, 0.25) is 10.0 Å². The maximum atomic E-state index is 11.8. The third-order valence-corrected chi connectivity index (χ3v) is 5.29. The Bertz CT molecular complexity index is 637. The summed E-state index contributed by atoms with van der Waals surface area (Å²) in [5, 5.41) is 2.86. The molecule has 1 amide bonds. The van der Waals surface area contributed by atoms with Gasteiger partial charge in [0.15, 0.2) is 6.61 Å². The Morgan fingerprint density at radius 3 is 2.65 bits per heavy atom. The van der Waals surface area contributed by atoms with Gasteiger partial charge < -0.3 is 10.1 Å². The molecule has 1 saturated heterocycles. The van der Waals surface area contributed by atoms with Crippen molar-refractivity contribution in [2.24, 2.45) is 5.92 Å². The Hall–Kier alpha value is -1.60. The molecule has 0 atom stereocenters. The lowest BCUT2D eigenvalue weighted by molar-refractivity contribution is -0.123. The second-order valence-electron chi connectivity index (χ2n) is 6.01. The van der Waals surface area contributed by atoms with E-state index in [4.69, 9.17) is 4.74 Å². The minimum Gasteiger partial charge on any atom is -0.484 e. The van der Waals surface area contributed by atoms with Crippen molar-refractivity contribution in [1.29, 1.82) is 0 Å². The fraction of sp³-hybridized carbons (Fsp3) is 0.562. The Labute approximate surface area is 137 Å². The summed E-state index contributed by atoms with van der Waals surface area (Å²) in [5.74, 6) is 0.842. The molecule has 1 heterocycles. The van der Waals surface area contributed by atoms with Crippen molar-refractivity contribution in [3.05, 3.63) is 29.8 Å². The van der Waals surface area contributed by atoms with Gasteiger partial charge in [-0.15, -0.1) is 0 Å². The number of amides is 1. The van der Waals surface area contributed by atoms with Gasteiger partial charge in [0.05, 0.1) is 6.26 Å². The topological polar surface area (TPSA) is 75.7 Å². The number of sulfonamides is 1. The monoisotopic (exact) mass is 340 g/mol. The van der Waals surface area contributed by atoms with Gasteiger partial charge in [-0.25, -0.2) is 12.7 Å². The van der Waals surface area contributed by atoms with Crippen LogP contribution in [0.5, 0.6) is 5.75 Å². The molecular formula is C16H24N2O4S. The summed E-state index contributed by atoms with van der Waals surface area (Å²) in [4.78, 5) is 11.8. The zero-order chi connectivity index (χ0) is 16.9. The van der Waals surface area contributed by atoms with Crippen LogP contribution in [0.3, 0.4) is 0 Å². The van der Waals surface area contributed by atoms with E-state index in [1.165, 1.54) is 10.6 Å². The minimum atomic E-state index is -3.10. The number of hydrogen-bond acceptors (Lipinski definition) is 4. The molecule has 1 aliphatic rings. The second kappa shape index (κ2) is 7.79. The van der Waals surface area contributed by atoms with E-state index in [1.54, 1.807) is 0 Å². The lowest BCUT2D eigenvalue weighted by Gasteiger charge is -2.30. The third kappa shape index (κ3) is 5.84. The minimum absolute atomic E-state index is 0.00830. The number of aryl methyl sites for hydroxylation is 1. The first-order valence-electron chi connectivity index (χ1n) is 7.76. The molecular weight excluding hydrogens is 316 g/mol. The lowest BCUT2D eigenvalue weighted by atomic mass is 9.98. The molecule has 7 heteroatoms. The van der Waals surface area contributed by atoms with E-state index in [-0.39, 0.29) is 12.5 Å². The van der Waals surface area contributed by atoms with E-state index < -0.39 is 10.0 Å². The highest BCUT2D eigenvalue weighted by atomic mass is 32.2. The normalized spacial score (nSPS) is 17.0. The summed E-state index contributed by atoms with van der Waals surface area (Å²) < 4.78 is 29.8. The van der Waals surface area contributed by atoms with Crippen LogP contribution < -0.4 is 10.1 Å². The Morgan fingerprint density at radius 2 is 2.04 bits per heavy atom. The maximum absolute atomic E-state index is 11.8. The number of ether oxygens (including phenoxy) is 1. The summed E-state index contributed by atoms with van der Waals surface area (Å²) in [6.45, 7) is 3.58. The molecule has 0 radical (unpaired) electrons. The first kappa shape index (κ1) is 17.7. The van der Waals surface area contributed by atoms with E-state index in [0.717, 1.165) is 18.4 Å². The van der Waals surface area contributed by atoms with E-state index in [9.17, 15) is 13.2 Å². The molecule has 6 nitrogen and oxygen atoms in total. The van der Waals surface area contributed by atoms with Gasteiger partial charge in [-0.2, -0.15) is 0 Å². The average molecular weight is 340 g/mol. The quantitative estimate of drug-likeness (QED) is 0.843. The van der Waals surface area contributed by atoms with Crippen molar-refractivity contribution >= 4 is 15.9 Å². The number of hydrogen-bond donors (Lipinski definition) is 1. The van der Waals surface area contributed by atoms with Crippen LogP contribution in [-0.4, -0.2) is 51.1 Å². The van der Waals surface area contributed by atoms with Gasteiger partial charge >= 0.3 is 0 Å². The third-order valence-electron chi connectivity index (χ3n) is 3.99. The molecule has 1 fully saturated rings. The Balaban J connectivity index is 1.67. The molecule has 0 bridgehead atoms. The van der Waals surface area contributed by atoms with Crippen molar-refractivity contribution in [2.45, 2.75) is 19.8 Å². The van der Waals surface area contributed by atoms with Gasteiger partial charge in [-0.3, -0.25) is 4.79 Å². The van der Waals surface area contributed by atoms with Crippen LogP contribution in [0, 0.1) is 12.8 Å². The molecule has 23 heavy (non-hydrogen) atoms. The van der Waals surface area contributed by atoms with Crippen molar-refractivity contribution in [1.82, 2.24) is 9.62 Å². The summed E-state index contributed by atoms with van der Waals surface area (Å²) >= 11 is 0. The van der Waals surface area contributed by atoms with Crippen LogP contribution in [0.1, 0.15) is 18.4 Å². The van der Waals surface area contributed by atoms with Crippen LogP contribution >= 0.6 is 0 Å². The molecule has 0 unspecified atom stereocenters. The molecule has 0 aromatic heterocycles. The smallest absolute Gasteiger partial charge is 0.257 e. The first-order chi connectivity index (χ1) is 10.8. The predicted octanol–water partition coefficient (Wildman–Crippen LogP) is 1.16. The molecule has 2 rings (SSSR count). The molecule has 1 aromatic carbocycles. The Morgan fingerprint density at radius 1 is 1.35 bits per heavy atom. The molecule has 0 saturated carbocycles. The van der Waals surface area contributed by atoms with E-state index >= 15 is 0 Å². The van der Waals surface area contributed by atoms with Gasteiger partial charge in [-0.05, 0) is 43.4 Å². The number of nitrogens with one attached hydrogen (secondary N) is 1. The standard InChI is InChI=1S/C16H24N2O4S/c1-13-4-3-5-15(10-13)22-12-16(19)17-11-14-6-8-18(9-7-14)23(2,20)21/h3-5,10,14H,6-9,11-12H2,1-2H3,(H,17,19). The van der Waals surface area contributed by atoms with Crippen LogP contribution in [0.2, 0.25) is 0 Å². The lowest BCUT2D eigenvalue weighted by Crippen LogP contribution is -2.41. The molecule has 1 aliphatic heterocycles.